The fraction of sp³-hybridized carbons (Fsp3) is 0.179. The second kappa shape index (κ2) is 10.9. The van der Waals surface area contributed by atoms with Crippen molar-refractivity contribution < 1.29 is 9.53 Å². The molecule has 2 aromatic carbocycles. The average Bonchev–Trinajstić information content (AvgIpc) is 3.36. The average molecular weight is 507 g/mol. The SMILES string of the molecule is Cc1cc(Nc2ncnc3ccc(NC(=O)C#CCCN(C)C)cc23)ccc1Oc1ccn2ncnc2c1. The lowest BCUT2D eigenvalue weighted by molar-refractivity contribution is -0.111. The number of amides is 1. The zero-order chi connectivity index (χ0) is 26.5. The van der Waals surface area contributed by atoms with Crippen LogP contribution in [0.25, 0.3) is 16.6 Å². The van der Waals surface area contributed by atoms with E-state index in [1.165, 1.54) is 12.7 Å². The quantitative estimate of drug-likeness (QED) is 0.313. The summed E-state index contributed by atoms with van der Waals surface area (Å²) in [6.07, 6.45) is 5.43. The molecule has 38 heavy (non-hydrogen) atoms. The highest BCUT2D eigenvalue weighted by Gasteiger charge is 2.09. The number of carbonyl (C=O) groups is 1. The first-order chi connectivity index (χ1) is 18.4. The topological polar surface area (TPSA) is 110 Å². The van der Waals surface area contributed by atoms with E-state index in [1.807, 2.05) is 68.4 Å². The van der Waals surface area contributed by atoms with E-state index in [0.29, 0.717) is 29.3 Å². The molecule has 0 aliphatic carbocycles. The Morgan fingerprint density at radius 3 is 2.74 bits per heavy atom. The first kappa shape index (κ1) is 24.7. The van der Waals surface area contributed by atoms with Crippen LogP contribution in [0.2, 0.25) is 0 Å². The van der Waals surface area contributed by atoms with Crippen molar-refractivity contribution in [3.63, 3.8) is 0 Å². The van der Waals surface area contributed by atoms with E-state index >= 15 is 0 Å². The highest BCUT2D eigenvalue weighted by molar-refractivity contribution is 6.05. The number of hydrogen-bond donors (Lipinski definition) is 2. The summed E-state index contributed by atoms with van der Waals surface area (Å²) in [7, 11) is 3.94. The zero-order valence-electron chi connectivity index (χ0n) is 21.3. The number of anilines is 3. The number of carbonyl (C=O) groups excluding carboxylic acids is 1. The van der Waals surface area contributed by atoms with Gasteiger partial charge in [0, 0.05) is 42.0 Å². The Kier molecular flexibility index (Phi) is 7.10. The van der Waals surface area contributed by atoms with Gasteiger partial charge in [0.1, 0.15) is 30.0 Å². The summed E-state index contributed by atoms with van der Waals surface area (Å²) in [6.45, 7) is 2.77. The first-order valence-corrected chi connectivity index (χ1v) is 12.0. The van der Waals surface area contributed by atoms with Gasteiger partial charge >= 0.3 is 0 Å². The van der Waals surface area contributed by atoms with Crippen molar-refractivity contribution in [3.8, 4) is 23.3 Å². The molecule has 0 aliphatic heterocycles. The van der Waals surface area contributed by atoms with Gasteiger partial charge in [-0.15, -0.1) is 0 Å². The second-order valence-corrected chi connectivity index (χ2v) is 8.90. The molecule has 10 heteroatoms. The Labute approximate surface area is 219 Å². The van der Waals surface area contributed by atoms with Crippen LogP contribution in [0.3, 0.4) is 0 Å². The van der Waals surface area contributed by atoms with Crippen molar-refractivity contribution in [2.75, 3.05) is 31.3 Å². The molecule has 3 aromatic heterocycles. The molecule has 0 fully saturated rings. The molecule has 0 saturated carbocycles. The number of fused-ring (bicyclic) bond motifs is 2. The van der Waals surface area contributed by atoms with E-state index in [-0.39, 0.29) is 5.91 Å². The lowest BCUT2D eigenvalue weighted by atomic mass is 10.1. The van der Waals surface area contributed by atoms with Crippen LogP contribution in [-0.2, 0) is 4.79 Å². The van der Waals surface area contributed by atoms with E-state index in [1.54, 1.807) is 16.8 Å². The Hall–Kier alpha value is -5.01. The normalized spacial score (nSPS) is 10.8. The summed E-state index contributed by atoms with van der Waals surface area (Å²) in [5.74, 6) is 7.18. The number of aryl methyl sites for hydroxylation is 1. The van der Waals surface area contributed by atoms with Crippen LogP contribution in [-0.4, -0.2) is 56.0 Å². The first-order valence-electron chi connectivity index (χ1n) is 12.0. The number of rotatable bonds is 7. The fourth-order valence-electron chi connectivity index (χ4n) is 3.78. The predicted molar refractivity (Wildman–Crippen MR) is 147 cm³/mol. The summed E-state index contributed by atoms with van der Waals surface area (Å²) in [5.41, 5.74) is 3.85. The minimum absolute atomic E-state index is 0.358. The zero-order valence-corrected chi connectivity index (χ0v) is 21.3. The van der Waals surface area contributed by atoms with Gasteiger partial charge in [0.2, 0.25) is 0 Å². The molecule has 0 saturated heterocycles. The fourth-order valence-corrected chi connectivity index (χ4v) is 3.78. The number of aromatic nitrogens is 5. The molecule has 0 atom stereocenters. The van der Waals surface area contributed by atoms with E-state index in [4.69, 9.17) is 4.74 Å². The van der Waals surface area contributed by atoms with Crippen LogP contribution in [0, 0.1) is 18.8 Å². The third kappa shape index (κ3) is 5.86. The van der Waals surface area contributed by atoms with Gasteiger partial charge in [-0.3, -0.25) is 4.79 Å². The summed E-state index contributed by atoms with van der Waals surface area (Å²) in [4.78, 5) is 27.2. The second-order valence-electron chi connectivity index (χ2n) is 8.90. The van der Waals surface area contributed by atoms with Crippen molar-refractivity contribution in [2.45, 2.75) is 13.3 Å². The Morgan fingerprint density at radius 1 is 1.03 bits per heavy atom. The minimum atomic E-state index is -0.358. The lowest BCUT2D eigenvalue weighted by Gasteiger charge is -2.13. The molecule has 10 nitrogen and oxygen atoms in total. The van der Waals surface area contributed by atoms with Gasteiger partial charge < -0.3 is 20.3 Å². The molecule has 2 N–H and O–H groups in total. The van der Waals surface area contributed by atoms with E-state index in [9.17, 15) is 4.79 Å². The highest BCUT2D eigenvalue weighted by Crippen LogP contribution is 2.30. The lowest BCUT2D eigenvalue weighted by Crippen LogP contribution is -2.12. The third-order valence-electron chi connectivity index (χ3n) is 5.70. The molecular formula is C28H26N8O2. The Bertz CT molecular complexity index is 1680. The molecule has 1 amide bonds. The van der Waals surface area contributed by atoms with Gasteiger partial charge in [-0.2, -0.15) is 5.10 Å². The van der Waals surface area contributed by atoms with Gasteiger partial charge in [-0.1, -0.05) is 5.92 Å². The Balaban J connectivity index is 1.31. The molecule has 0 radical (unpaired) electrons. The van der Waals surface area contributed by atoms with Gasteiger partial charge in [-0.05, 0) is 75.0 Å². The van der Waals surface area contributed by atoms with Gasteiger partial charge in [-0.25, -0.2) is 19.5 Å². The molecule has 0 aliphatic rings. The van der Waals surface area contributed by atoms with Crippen molar-refractivity contribution in [3.05, 3.63) is 72.9 Å². The van der Waals surface area contributed by atoms with Crippen LogP contribution in [0.15, 0.2) is 67.4 Å². The van der Waals surface area contributed by atoms with Crippen LogP contribution in [0.4, 0.5) is 17.2 Å². The summed E-state index contributed by atoms with van der Waals surface area (Å²) < 4.78 is 7.75. The number of pyridine rings is 1. The van der Waals surface area contributed by atoms with Crippen LogP contribution in [0.5, 0.6) is 11.5 Å². The largest absolute Gasteiger partial charge is 0.457 e. The van der Waals surface area contributed by atoms with Crippen molar-refractivity contribution in [2.24, 2.45) is 0 Å². The molecule has 3 heterocycles. The molecule has 190 valence electrons. The monoisotopic (exact) mass is 506 g/mol. The molecule has 5 aromatic rings. The van der Waals surface area contributed by atoms with Crippen LogP contribution < -0.4 is 15.4 Å². The maximum Gasteiger partial charge on any atom is 0.300 e. The van der Waals surface area contributed by atoms with Crippen molar-refractivity contribution in [1.82, 2.24) is 29.5 Å². The number of ether oxygens (including phenoxy) is 1. The molecule has 0 bridgehead atoms. The smallest absolute Gasteiger partial charge is 0.300 e. The maximum absolute atomic E-state index is 12.3. The molecule has 5 rings (SSSR count). The Morgan fingerprint density at radius 2 is 1.89 bits per heavy atom. The van der Waals surface area contributed by atoms with Crippen LogP contribution >= 0.6 is 0 Å². The number of hydrogen-bond acceptors (Lipinski definition) is 8. The third-order valence-corrected chi connectivity index (χ3v) is 5.70. The number of benzene rings is 2. The van der Waals surface area contributed by atoms with Crippen molar-refractivity contribution in [1.29, 1.82) is 0 Å². The van der Waals surface area contributed by atoms with Gasteiger partial charge in [0.05, 0.1) is 5.52 Å². The van der Waals surface area contributed by atoms with E-state index in [2.05, 4.69) is 42.5 Å². The summed E-state index contributed by atoms with van der Waals surface area (Å²) in [5, 5.41) is 11.1. The van der Waals surface area contributed by atoms with Crippen molar-refractivity contribution >= 4 is 39.6 Å². The van der Waals surface area contributed by atoms with Gasteiger partial charge in [0.15, 0.2) is 5.65 Å². The maximum atomic E-state index is 12.3. The minimum Gasteiger partial charge on any atom is -0.457 e. The molecule has 0 spiro atoms. The highest BCUT2D eigenvalue weighted by atomic mass is 16.5. The molecular weight excluding hydrogens is 480 g/mol. The van der Waals surface area contributed by atoms with Crippen LogP contribution in [0.1, 0.15) is 12.0 Å². The van der Waals surface area contributed by atoms with Gasteiger partial charge in [0.25, 0.3) is 5.91 Å². The van der Waals surface area contributed by atoms with E-state index in [0.717, 1.165) is 34.4 Å². The summed E-state index contributed by atoms with van der Waals surface area (Å²) in [6, 6.07) is 14.9. The number of nitrogens with one attached hydrogen (secondary N) is 2. The molecule has 0 unspecified atom stereocenters. The van der Waals surface area contributed by atoms with E-state index < -0.39 is 0 Å². The summed E-state index contributed by atoms with van der Waals surface area (Å²) >= 11 is 0. The predicted octanol–water partition coefficient (Wildman–Crippen LogP) is 4.41. The standard InChI is InChI=1S/C28H26N8O2/c1-19-14-20(8-10-25(19)38-22-11-13-36-26(16-22)30-18-32-36)34-28-23-15-21(7-9-24(23)29-17-31-28)33-27(37)6-4-5-12-35(2)3/h7-11,13-18H,5,12H2,1-3H3,(H,33,37)(H,29,31,34). The number of nitrogens with zero attached hydrogens (tertiary/aromatic N) is 6.